The van der Waals surface area contributed by atoms with Crippen LogP contribution in [0.15, 0.2) is 15.8 Å². The molecule has 1 saturated heterocycles. The molecule has 2 unspecified atom stereocenters. The van der Waals surface area contributed by atoms with Crippen molar-refractivity contribution < 1.29 is 79.0 Å². The summed E-state index contributed by atoms with van der Waals surface area (Å²) >= 11 is 0. The summed E-state index contributed by atoms with van der Waals surface area (Å²) in [5.41, 5.74) is -2.19. The van der Waals surface area contributed by atoms with Crippen molar-refractivity contribution in [2.24, 2.45) is 0 Å². The number of aromatic amines is 1. The van der Waals surface area contributed by atoms with E-state index in [0.29, 0.717) is 0 Å². The monoisotopic (exact) mass is 675 g/mol. The molecule has 25 heteroatoms. The fraction of sp³-hybridized carbons (Fsp3) is 0.588. The van der Waals surface area contributed by atoms with E-state index in [-0.39, 0.29) is 38.2 Å². The van der Waals surface area contributed by atoms with Crippen LogP contribution in [0.4, 0.5) is 13.2 Å². The van der Waals surface area contributed by atoms with Gasteiger partial charge in [-0.15, -0.1) is 0 Å². The number of carbonyl (C=O) groups excluding carboxylic acids is 1. The van der Waals surface area contributed by atoms with Crippen molar-refractivity contribution in [3.63, 3.8) is 0 Å². The molecule has 42 heavy (non-hydrogen) atoms. The number of rotatable bonds is 13. The lowest BCUT2D eigenvalue weighted by Crippen LogP contribution is -2.37. The second-order valence-electron chi connectivity index (χ2n) is 7.99. The Morgan fingerprint density at radius 1 is 1.17 bits per heavy atom. The molecule has 0 aliphatic carbocycles. The average Bonchev–Trinajstić information content (AvgIpc) is 3.17. The number of carbonyl (C=O) groups is 1. The first-order valence-corrected chi connectivity index (χ1v) is 15.6. The summed E-state index contributed by atoms with van der Waals surface area (Å²) in [4.78, 5) is 72.7. The van der Waals surface area contributed by atoms with Crippen LogP contribution in [0.25, 0.3) is 0 Å². The third-order valence-electron chi connectivity index (χ3n) is 4.71. The molecular weight excluding hydrogens is 652 g/mol. The highest BCUT2D eigenvalue weighted by atomic mass is 31.3. The predicted molar refractivity (Wildman–Crippen MR) is 127 cm³/mol. The van der Waals surface area contributed by atoms with Gasteiger partial charge in [-0.2, -0.15) is 21.8 Å². The third-order valence-corrected chi connectivity index (χ3v) is 8.51. The van der Waals surface area contributed by atoms with Gasteiger partial charge in [-0.05, 0) is 6.42 Å². The standard InChI is InChI=1S/C17H23F3N3O16P3/c18-17(19,20)15(26)21-4-2-6-35-5-1-3-10-8-23(16(27)22-14(10)25)13-7-11(24)12(37-13)9-36-41(31,32)39-42(33,34)38-40(28,29)30/h8,11-13,24H,2,4-7,9H2,(H,21,26)(H,31,32)(H,33,34)(H,22,25,27)(H2,28,29,30)/t11-,12+,13+/m0/s1. The van der Waals surface area contributed by atoms with Crippen molar-refractivity contribution in [3.8, 4) is 11.8 Å². The molecule has 238 valence electrons. The van der Waals surface area contributed by atoms with E-state index in [4.69, 9.17) is 24.2 Å². The first-order valence-electron chi connectivity index (χ1n) is 11.1. The van der Waals surface area contributed by atoms with Gasteiger partial charge in [0.15, 0.2) is 0 Å². The van der Waals surface area contributed by atoms with Gasteiger partial charge >= 0.3 is 41.2 Å². The van der Waals surface area contributed by atoms with Crippen molar-refractivity contribution in [1.82, 2.24) is 14.9 Å². The number of nitrogens with zero attached hydrogens (tertiary/aromatic N) is 1. The van der Waals surface area contributed by atoms with E-state index in [9.17, 15) is 51.2 Å². The fourth-order valence-electron chi connectivity index (χ4n) is 3.03. The van der Waals surface area contributed by atoms with Crippen molar-refractivity contribution >= 4 is 29.4 Å². The summed E-state index contributed by atoms with van der Waals surface area (Å²) in [6, 6.07) is 0. The Morgan fingerprint density at radius 3 is 2.45 bits per heavy atom. The molecular formula is C17H23F3N3O16P3. The van der Waals surface area contributed by atoms with Crippen molar-refractivity contribution in [2.75, 3.05) is 26.4 Å². The normalized spacial score (nSPS) is 22.0. The highest BCUT2D eigenvalue weighted by Crippen LogP contribution is 2.66. The summed E-state index contributed by atoms with van der Waals surface area (Å²) in [6.07, 6.45) is -8.57. The molecule has 1 fully saturated rings. The largest absolute Gasteiger partial charge is 0.490 e. The molecule has 1 aromatic rings. The lowest BCUT2D eigenvalue weighted by molar-refractivity contribution is -0.173. The fourth-order valence-corrected chi connectivity index (χ4v) is 6.06. The number of ether oxygens (including phenoxy) is 2. The van der Waals surface area contributed by atoms with Gasteiger partial charge in [-0.25, -0.2) is 18.5 Å². The lowest BCUT2D eigenvalue weighted by atomic mass is 10.2. The summed E-state index contributed by atoms with van der Waals surface area (Å²) in [6.45, 7) is -1.68. The van der Waals surface area contributed by atoms with Crippen LogP contribution >= 0.6 is 23.5 Å². The Kier molecular flexibility index (Phi) is 12.4. The first kappa shape index (κ1) is 36.0. The molecule has 19 nitrogen and oxygen atoms in total. The van der Waals surface area contributed by atoms with Crippen molar-refractivity contribution in [3.05, 3.63) is 32.6 Å². The van der Waals surface area contributed by atoms with E-state index < -0.39 is 71.8 Å². The zero-order valence-electron chi connectivity index (χ0n) is 20.7. The number of aliphatic hydroxyl groups excluding tert-OH is 1. The Morgan fingerprint density at radius 2 is 1.83 bits per heavy atom. The van der Waals surface area contributed by atoms with E-state index >= 15 is 0 Å². The molecule has 0 saturated carbocycles. The van der Waals surface area contributed by atoms with Crippen molar-refractivity contribution in [1.29, 1.82) is 0 Å². The highest BCUT2D eigenvalue weighted by Gasteiger charge is 2.43. The first-order chi connectivity index (χ1) is 19.2. The third kappa shape index (κ3) is 12.2. The number of alkyl halides is 3. The second-order valence-corrected chi connectivity index (χ2v) is 12.4. The maximum atomic E-state index is 12.3. The van der Waals surface area contributed by atoms with E-state index in [2.05, 4.69) is 25.0 Å². The van der Waals surface area contributed by atoms with Crippen LogP contribution < -0.4 is 16.6 Å². The number of halogens is 3. The molecule has 1 amide bonds. The number of nitrogens with one attached hydrogen (secondary N) is 2. The number of aliphatic hydroxyl groups is 1. The van der Waals surface area contributed by atoms with Crippen molar-refractivity contribution in [2.45, 2.75) is 37.5 Å². The van der Waals surface area contributed by atoms with Gasteiger partial charge in [0.25, 0.3) is 5.56 Å². The molecule has 7 N–H and O–H groups in total. The molecule has 2 rings (SSSR count). The molecule has 2 heterocycles. The Balaban J connectivity index is 1.94. The molecule has 0 aromatic carbocycles. The summed E-state index contributed by atoms with van der Waals surface area (Å²) in [5.74, 6) is 2.73. The molecule has 1 aliphatic heterocycles. The molecule has 0 bridgehead atoms. The number of hydrogen-bond donors (Lipinski definition) is 7. The minimum absolute atomic E-state index is 0.0273. The molecule has 0 spiro atoms. The predicted octanol–water partition coefficient (Wildman–Crippen LogP) is -1.04. The number of H-pyrrole nitrogens is 1. The smallest absolute Gasteiger partial charge is 0.390 e. The topological polar surface area (TPSA) is 282 Å². The van der Waals surface area contributed by atoms with Gasteiger partial charge in [0.1, 0.15) is 24.5 Å². The van der Waals surface area contributed by atoms with Crippen LogP contribution in [-0.4, -0.2) is 84.9 Å². The Bertz CT molecular complexity index is 1450. The SMILES string of the molecule is O=C(NCCCOCC#Cc1cn([C@H]2C[C@H](O)[C@@H](COP(=O)(O)OP(=O)(O)OP(=O)(O)O)O2)c(=O)[nH]c1=O)C(F)(F)F. The second kappa shape index (κ2) is 14.5. The van der Waals surface area contributed by atoms with Crippen LogP contribution in [0.3, 0.4) is 0 Å². The molecule has 1 aliphatic rings. The van der Waals surface area contributed by atoms with Crippen LogP contribution in [-0.2, 0) is 41.1 Å². The van der Waals surface area contributed by atoms with E-state index in [0.717, 1.165) is 10.8 Å². The number of amides is 1. The Labute approximate surface area is 232 Å². The van der Waals surface area contributed by atoms with Crippen LogP contribution in [0.5, 0.6) is 0 Å². The van der Waals surface area contributed by atoms with Crippen LogP contribution in [0.2, 0.25) is 0 Å². The van der Waals surface area contributed by atoms with Crippen LogP contribution in [0.1, 0.15) is 24.6 Å². The van der Waals surface area contributed by atoms with E-state index in [1.807, 2.05) is 4.98 Å². The Hall–Kier alpha value is -2.21. The zero-order chi connectivity index (χ0) is 31.9. The number of phosphoric acid groups is 3. The summed E-state index contributed by atoms with van der Waals surface area (Å²) in [5, 5.41) is 11.8. The van der Waals surface area contributed by atoms with Gasteiger partial charge in [-0.1, -0.05) is 11.8 Å². The molecule has 0 radical (unpaired) electrons. The summed E-state index contributed by atoms with van der Waals surface area (Å²) < 4.78 is 92.9. The molecule has 1 aromatic heterocycles. The number of aromatic nitrogens is 2. The van der Waals surface area contributed by atoms with Gasteiger partial charge < -0.3 is 39.5 Å². The molecule has 5 atom stereocenters. The van der Waals surface area contributed by atoms with Gasteiger partial charge in [0, 0.05) is 25.8 Å². The van der Waals surface area contributed by atoms with Crippen LogP contribution in [0, 0.1) is 11.8 Å². The van der Waals surface area contributed by atoms with Gasteiger partial charge in [0.05, 0.1) is 12.7 Å². The van der Waals surface area contributed by atoms with Gasteiger partial charge in [0.2, 0.25) is 0 Å². The minimum atomic E-state index is -5.78. The van der Waals surface area contributed by atoms with Gasteiger partial charge in [-0.3, -0.25) is 23.7 Å². The maximum Gasteiger partial charge on any atom is 0.490 e. The van der Waals surface area contributed by atoms with E-state index in [1.54, 1.807) is 5.32 Å². The highest BCUT2D eigenvalue weighted by molar-refractivity contribution is 7.66. The zero-order valence-corrected chi connectivity index (χ0v) is 23.4. The quantitative estimate of drug-likeness (QED) is 0.0747. The minimum Gasteiger partial charge on any atom is -0.390 e. The average molecular weight is 675 g/mol. The number of phosphoric ester groups is 1. The van der Waals surface area contributed by atoms with E-state index in [1.165, 1.54) is 0 Å². The maximum absolute atomic E-state index is 12.3. The summed E-state index contributed by atoms with van der Waals surface area (Å²) in [7, 11) is -16.9. The number of hydrogen-bond acceptors (Lipinski definition) is 12. The lowest BCUT2D eigenvalue weighted by Gasteiger charge is -2.19.